The SMILES string of the molecule is COC(=O)[C@@H](CCOC(C)(C)C)Cc1cc(Br)ccc1F. The minimum atomic E-state index is -0.416. The van der Waals surface area contributed by atoms with Gasteiger partial charge in [0.15, 0.2) is 0 Å². The second-order valence-corrected chi connectivity index (χ2v) is 6.83. The molecule has 0 N–H and O–H groups in total. The van der Waals surface area contributed by atoms with Crippen LogP contribution in [0.15, 0.2) is 22.7 Å². The van der Waals surface area contributed by atoms with Gasteiger partial charge in [-0.3, -0.25) is 4.79 Å². The highest BCUT2D eigenvalue weighted by Gasteiger charge is 2.22. The monoisotopic (exact) mass is 360 g/mol. The second kappa shape index (κ2) is 7.90. The van der Waals surface area contributed by atoms with E-state index in [0.717, 1.165) is 4.47 Å². The Morgan fingerprint density at radius 3 is 2.62 bits per heavy atom. The Balaban J connectivity index is 2.74. The number of halogens is 2. The Kier molecular flexibility index (Phi) is 6.81. The number of carbonyl (C=O) groups excluding carboxylic acids is 1. The Morgan fingerprint density at radius 1 is 1.38 bits per heavy atom. The number of carbonyl (C=O) groups is 1. The summed E-state index contributed by atoms with van der Waals surface area (Å²) in [5.74, 6) is -1.07. The summed E-state index contributed by atoms with van der Waals surface area (Å²) in [6.45, 7) is 6.29. The molecule has 0 amide bonds. The van der Waals surface area contributed by atoms with E-state index in [4.69, 9.17) is 9.47 Å². The van der Waals surface area contributed by atoms with Crippen LogP contribution in [-0.2, 0) is 20.7 Å². The summed E-state index contributed by atoms with van der Waals surface area (Å²) in [5, 5.41) is 0. The van der Waals surface area contributed by atoms with Crippen LogP contribution in [-0.4, -0.2) is 25.3 Å². The van der Waals surface area contributed by atoms with Gasteiger partial charge in [0, 0.05) is 11.1 Å². The second-order valence-electron chi connectivity index (χ2n) is 5.91. The minimum Gasteiger partial charge on any atom is -0.469 e. The lowest BCUT2D eigenvalue weighted by Gasteiger charge is -2.21. The van der Waals surface area contributed by atoms with Gasteiger partial charge in [0.05, 0.1) is 18.6 Å². The van der Waals surface area contributed by atoms with Crippen LogP contribution in [0.5, 0.6) is 0 Å². The molecule has 0 unspecified atom stereocenters. The lowest BCUT2D eigenvalue weighted by Crippen LogP contribution is -2.25. The van der Waals surface area contributed by atoms with Crippen LogP contribution < -0.4 is 0 Å². The predicted molar refractivity (Wildman–Crippen MR) is 83.6 cm³/mol. The van der Waals surface area contributed by atoms with Gasteiger partial charge in [-0.05, 0) is 57.4 Å². The summed E-state index contributed by atoms with van der Waals surface area (Å²) in [5.41, 5.74) is 0.234. The summed E-state index contributed by atoms with van der Waals surface area (Å²) < 4.78 is 25.0. The van der Waals surface area contributed by atoms with Crippen LogP contribution in [0.2, 0.25) is 0 Å². The maximum atomic E-state index is 13.8. The number of benzene rings is 1. The van der Waals surface area contributed by atoms with Crippen molar-refractivity contribution < 1.29 is 18.7 Å². The number of ether oxygens (including phenoxy) is 2. The van der Waals surface area contributed by atoms with Gasteiger partial charge in [-0.1, -0.05) is 15.9 Å². The zero-order valence-electron chi connectivity index (χ0n) is 12.9. The molecule has 0 saturated carbocycles. The van der Waals surface area contributed by atoms with Gasteiger partial charge in [0.2, 0.25) is 0 Å². The summed E-state index contributed by atoms with van der Waals surface area (Å²) in [4.78, 5) is 11.9. The molecule has 1 aromatic carbocycles. The van der Waals surface area contributed by atoms with Crippen LogP contribution in [0.25, 0.3) is 0 Å². The first-order valence-electron chi connectivity index (χ1n) is 6.88. The van der Waals surface area contributed by atoms with Crippen molar-refractivity contribution in [3.63, 3.8) is 0 Å². The lowest BCUT2D eigenvalue weighted by molar-refractivity contribution is -0.146. The van der Waals surface area contributed by atoms with Crippen molar-refractivity contribution in [2.75, 3.05) is 13.7 Å². The Hall–Kier alpha value is -0.940. The van der Waals surface area contributed by atoms with Gasteiger partial charge in [0.25, 0.3) is 0 Å². The van der Waals surface area contributed by atoms with Crippen molar-refractivity contribution in [3.05, 3.63) is 34.1 Å². The highest BCUT2D eigenvalue weighted by atomic mass is 79.9. The van der Waals surface area contributed by atoms with Crippen LogP contribution in [0.4, 0.5) is 4.39 Å². The molecular weight excluding hydrogens is 339 g/mol. The molecule has 0 heterocycles. The van der Waals surface area contributed by atoms with E-state index in [-0.39, 0.29) is 17.4 Å². The number of rotatable bonds is 6. The van der Waals surface area contributed by atoms with Gasteiger partial charge < -0.3 is 9.47 Å². The molecule has 5 heteroatoms. The van der Waals surface area contributed by atoms with Crippen molar-refractivity contribution >= 4 is 21.9 Å². The van der Waals surface area contributed by atoms with Gasteiger partial charge in [-0.15, -0.1) is 0 Å². The predicted octanol–water partition coefficient (Wildman–Crippen LogP) is 4.13. The average Bonchev–Trinajstić information content (AvgIpc) is 2.39. The third-order valence-corrected chi connectivity index (χ3v) is 3.50. The Morgan fingerprint density at radius 2 is 2.05 bits per heavy atom. The first kappa shape index (κ1) is 18.1. The van der Waals surface area contributed by atoms with E-state index >= 15 is 0 Å². The lowest BCUT2D eigenvalue weighted by atomic mass is 9.96. The number of hydrogen-bond acceptors (Lipinski definition) is 3. The molecule has 118 valence electrons. The van der Waals surface area contributed by atoms with Crippen molar-refractivity contribution in [1.29, 1.82) is 0 Å². The topological polar surface area (TPSA) is 35.5 Å². The van der Waals surface area contributed by atoms with Gasteiger partial charge in [0.1, 0.15) is 5.82 Å². The molecule has 1 atom stereocenters. The smallest absolute Gasteiger partial charge is 0.309 e. The van der Waals surface area contributed by atoms with E-state index in [1.807, 2.05) is 20.8 Å². The van der Waals surface area contributed by atoms with E-state index in [0.29, 0.717) is 25.0 Å². The van der Waals surface area contributed by atoms with Crippen molar-refractivity contribution in [2.24, 2.45) is 5.92 Å². The van der Waals surface area contributed by atoms with E-state index in [1.165, 1.54) is 13.2 Å². The summed E-state index contributed by atoms with van der Waals surface area (Å²) in [6.07, 6.45) is 0.793. The number of hydrogen-bond donors (Lipinski definition) is 0. The molecule has 0 spiro atoms. The van der Waals surface area contributed by atoms with Crippen LogP contribution >= 0.6 is 15.9 Å². The van der Waals surface area contributed by atoms with Crippen molar-refractivity contribution in [3.8, 4) is 0 Å². The first-order chi connectivity index (χ1) is 9.73. The summed E-state index contributed by atoms with van der Waals surface area (Å²) in [7, 11) is 1.34. The first-order valence-corrected chi connectivity index (χ1v) is 7.68. The summed E-state index contributed by atoms with van der Waals surface area (Å²) >= 11 is 3.31. The van der Waals surface area contributed by atoms with Crippen LogP contribution in [0.1, 0.15) is 32.8 Å². The number of esters is 1. The van der Waals surface area contributed by atoms with E-state index < -0.39 is 5.92 Å². The molecule has 0 aromatic heterocycles. The Bertz CT molecular complexity index is 483. The zero-order chi connectivity index (χ0) is 16.0. The molecule has 0 radical (unpaired) electrons. The molecule has 0 bridgehead atoms. The van der Waals surface area contributed by atoms with E-state index in [2.05, 4.69) is 15.9 Å². The molecule has 21 heavy (non-hydrogen) atoms. The summed E-state index contributed by atoms with van der Waals surface area (Å²) in [6, 6.07) is 4.71. The Labute approximate surface area is 134 Å². The molecule has 1 rings (SSSR count). The average molecular weight is 361 g/mol. The minimum absolute atomic E-state index is 0.262. The van der Waals surface area contributed by atoms with Crippen LogP contribution in [0.3, 0.4) is 0 Å². The maximum absolute atomic E-state index is 13.8. The fourth-order valence-corrected chi connectivity index (χ4v) is 2.35. The van der Waals surface area contributed by atoms with Crippen molar-refractivity contribution in [1.82, 2.24) is 0 Å². The highest BCUT2D eigenvalue weighted by molar-refractivity contribution is 9.10. The molecule has 3 nitrogen and oxygen atoms in total. The molecule has 0 aliphatic rings. The quantitative estimate of drug-likeness (QED) is 0.715. The van der Waals surface area contributed by atoms with E-state index in [1.54, 1.807) is 12.1 Å². The molecule has 0 fully saturated rings. The maximum Gasteiger partial charge on any atom is 0.309 e. The number of methoxy groups -OCH3 is 1. The molecule has 1 aromatic rings. The van der Waals surface area contributed by atoms with Gasteiger partial charge in [-0.25, -0.2) is 4.39 Å². The normalized spacial score (nSPS) is 13.0. The fourth-order valence-electron chi connectivity index (χ4n) is 1.94. The largest absolute Gasteiger partial charge is 0.469 e. The molecule has 0 aliphatic carbocycles. The third kappa shape index (κ3) is 6.57. The molecular formula is C16H22BrFO3. The van der Waals surface area contributed by atoms with Crippen molar-refractivity contribution in [2.45, 2.75) is 39.2 Å². The molecule has 0 aliphatic heterocycles. The molecule has 0 saturated heterocycles. The van der Waals surface area contributed by atoms with Gasteiger partial charge in [-0.2, -0.15) is 0 Å². The third-order valence-electron chi connectivity index (χ3n) is 3.01. The van der Waals surface area contributed by atoms with E-state index in [9.17, 15) is 9.18 Å². The zero-order valence-corrected chi connectivity index (χ0v) is 14.5. The standard InChI is InChI=1S/C16H22BrFO3/c1-16(2,3)21-8-7-11(15(19)20-4)9-12-10-13(17)5-6-14(12)18/h5-6,10-11H,7-9H2,1-4H3/t11-/m0/s1. The highest BCUT2D eigenvalue weighted by Crippen LogP contribution is 2.21. The van der Waals surface area contributed by atoms with Crippen LogP contribution in [0, 0.1) is 11.7 Å². The van der Waals surface area contributed by atoms with Gasteiger partial charge >= 0.3 is 5.97 Å². The fraction of sp³-hybridized carbons (Fsp3) is 0.562.